The lowest BCUT2D eigenvalue weighted by Gasteiger charge is -2.24. The summed E-state index contributed by atoms with van der Waals surface area (Å²) in [6.45, 7) is 0. The molecule has 1 aromatic heterocycles. The molecule has 1 aliphatic rings. The van der Waals surface area contributed by atoms with E-state index in [9.17, 15) is 4.79 Å². The molecule has 1 saturated carbocycles. The standard InChI is InChI=1S/C19H22N2O2S/c1-24-17-10-7-14(8-11-17)18-13-15(9-12-19(22)23)20-21(18)16-5-3-2-4-6-16/h7-13,16H,2-6H2,1H3,(H,22,23)/b12-9+. The molecule has 0 saturated heterocycles. The van der Waals surface area contributed by atoms with E-state index in [1.165, 1.54) is 24.2 Å². The van der Waals surface area contributed by atoms with E-state index in [4.69, 9.17) is 5.11 Å². The predicted molar refractivity (Wildman–Crippen MR) is 98.2 cm³/mol. The van der Waals surface area contributed by atoms with Gasteiger partial charge in [0.25, 0.3) is 0 Å². The molecule has 0 bridgehead atoms. The monoisotopic (exact) mass is 342 g/mol. The van der Waals surface area contributed by atoms with Gasteiger partial charge in [0.05, 0.1) is 17.4 Å². The summed E-state index contributed by atoms with van der Waals surface area (Å²) in [5, 5.41) is 13.5. The number of thioether (sulfide) groups is 1. The van der Waals surface area contributed by atoms with Gasteiger partial charge in [-0.3, -0.25) is 4.68 Å². The van der Waals surface area contributed by atoms with Crippen LogP contribution in [0.1, 0.15) is 43.8 Å². The molecule has 4 nitrogen and oxygen atoms in total. The van der Waals surface area contributed by atoms with E-state index >= 15 is 0 Å². The van der Waals surface area contributed by atoms with Crippen molar-refractivity contribution in [3.63, 3.8) is 0 Å². The Morgan fingerprint density at radius 1 is 1.25 bits per heavy atom. The second-order valence-corrected chi connectivity index (χ2v) is 6.97. The Kier molecular flexibility index (Phi) is 5.41. The molecule has 126 valence electrons. The number of nitrogens with zero attached hydrogens (tertiary/aromatic N) is 2. The predicted octanol–water partition coefficient (Wildman–Crippen LogP) is 4.88. The number of carboxylic acids is 1. The highest BCUT2D eigenvalue weighted by Gasteiger charge is 2.20. The number of carboxylic acid groups (broad SMARTS) is 1. The fraction of sp³-hybridized carbons (Fsp3) is 0.368. The lowest BCUT2D eigenvalue weighted by molar-refractivity contribution is -0.131. The number of aliphatic carboxylic acids is 1. The first kappa shape index (κ1) is 16.8. The number of aromatic nitrogens is 2. The molecular weight excluding hydrogens is 320 g/mol. The van der Waals surface area contributed by atoms with Gasteiger partial charge in [-0.05, 0) is 48.9 Å². The van der Waals surface area contributed by atoms with Gasteiger partial charge in [-0.1, -0.05) is 31.4 Å². The van der Waals surface area contributed by atoms with Gasteiger partial charge in [0.2, 0.25) is 0 Å². The second-order valence-electron chi connectivity index (χ2n) is 6.09. The number of hydrogen-bond donors (Lipinski definition) is 1. The second kappa shape index (κ2) is 7.71. The van der Waals surface area contributed by atoms with Crippen molar-refractivity contribution < 1.29 is 9.90 Å². The van der Waals surface area contributed by atoms with Crippen LogP contribution in [0.2, 0.25) is 0 Å². The minimum absolute atomic E-state index is 0.404. The van der Waals surface area contributed by atoms with E-state index in [-0.39, 0.29) is 0 Å². The molecule has 1 N–H and O–H groups in total. The van der Waals surface area contributed by atoms with Crippen LogP contribution in [0, 0.1) is 0 Å². The van der Waals surface area contributed by atoms with Crippen molar-refractivity contribution in [2.45, 2.75) is 43.0 Å². The molecule has 1 heterocycles. The third-order valence-electron chi connectivity index (χ3n) is 4.46. The summed E-state index contributed by atoms with van der Waals surface area (Å²) >= 11 is 1.72. The molecule has 5 heteroatoms. The summed E-state index contributed by atoms with van der Waals surface area (Å²) < 4.78 is 2.11. The molecule has 0 unspecified atom stereocenters. The largest absolute Gasteiger partial charge is 0.478 e. The Morgan fingerprint density at radius 3 is 2.58 bits per heavy atom. The Balaban J connectivity index is 1.98. The highest BCUT2D eigenvalue weighted by Crippen LogP contribution is 2.33. The fourth-order valence-corrected chi connectivity index (χ4v) is 3.64. The molecule has 1 fully saturated rings. The molecule has 0 atom stereocenters. The van der Waals surface area contributed by atoms with E-state index < -0.39 is 5.97 Å². The summed E-state index contributed by atoms with van der Waals surface area (Å²) in [6, 6.07) is 10.9. The van der Waals surface area contributed by atoms with Crippen molar-refractivity contribution in [1.82, 2.24) is 9.78 Å². The van der Waals surface area contributed by atoms with Gasteiger partial charge >= 0.3 is 5.97 Å². The zero-order valence-electron chi connectivity index (χ0n) is 13.8. The van der Waals surface area contributed by atoms with E-state index in [2.05, 4.69) is 40.3 Å². The van der Waals surface area contributed by atoms with Crippen molar-refractivity contribution in [3.8, 4) is 11.3 Å². The first-order valence-electron chi connectivity index (χ1n) is 8.32. The molecule has 0 spiro atoms. The molecule has 0 amide bonds. The van der Waals surface area contributed by atoms with Gasteiger partial charge in [0.15, 0.2) is 0 Å². The van der Waals surface area contributed by atoms with Gasteiger partial charge in [0.1, 0.15) is 0 Å². The van der Waals surface area contributed by atoms with Crippen LogP contribution in [0.15, 0.2) is 41.3 Å². The highest BCUT2D eigenvalue weighted by molar-refractivity contribution is 7.98. The SMILES string of the molecule is CSc1ccc(-c2cc(/C=C/C(=O)O)nn2C2CCCCC2)cc1. The average Bonchev–Trinajstić information content (AvgIpc) is 3.05. The van der Waals surface area contributed by atoms with Crippen molar-refractivity contribution in [1.29, 1.82) is 0 Å². The maximum atomic E-state index is 10.8. The minimum Gasteiger partial charge on any atom is -0.478 e. The molecular formula is C19H22N2O2S. The van der Waals surface area contributed by atoms with Crippen LogP contribution in [0.4, 0.5) is 0 Å². The fourth-order valence-electron chi connectivity index (χ4n) is 3.23. The third kappa shape index (κ3) is 3.90. The van der Waals surface area contributed by atoms with Crippen molar-refractivity contribution in [3.05, 3.63) is 42.1 Å². The van der Waals surface area contributed by atoms with Gasteiger partial charge in [-0.25, -0.2) is 4.79 Å². The van der Waals surface area contributed by atoms with Crippen molar-refractivity contribution in [2.75, 3.05) is 6.26 Å². The maximum absolute atomic E-state index is 10.8. The zero-order valence-corrected chi connectivity index (χ0v) is 14.6. The van der Waals surface area contributed by atoms with E-state index in [0.717, 1.165) is 30.2 Å². The van der Waals surface area contributed by atoms with Crippen LogP contribution in [0.3, 0.4) is 0 Å². The maximum Gasteiger partial charge on any atom is 0.328 e. The summed E-state index contributed by atoms with van der Waals surface area (Å²) in [7, 11) is 0. The summed E-state index contributed by atoms with van der Waals surface area (Å²) in [6.07, 6.45) is 10.8. The Bertz CT molecular complexity index is 728. The lowest BCUT2D eigenvalue weighted by Crippen LogP contribution is -2.15. The minimum atomic E-state index is -0.951. The summed E-state index contributed by atoms with van der Waals surface area (Å²) in [4.78, 5) is 12.0. The van der Waals surface area contributed by atoms with E-state index in [1.807, 2.05) is 6.07 Å². The first-order valence-corrected chi connectivity index (χ1v) is 9.55. The third-order valence-corrected chi connectivity index (χ3v) is 5.20. The average molecular weight is 342 g/mol. The highest BCUT2D eigenvalue weighted by atomic mass is 32.2. The van der Waals surface area contributed by atoms with Gasteiger partial charge in [0, 0.05) is 11.0 Å². The Hall–Kier alpha value is -2.01. The van der Waals surface area contributed by atoms with Crippen molar-refractivity contribution >= 4 is 23.8 Å². The molecule has 0 aliphatic heterocycles. The quantitative estimate of drug-likeness (QED) is 0.622. The van der Waals surface area contributed by atoms with Crippen LogP contribution in [0.5, 0.6) is 0 Å². The summed E-state index contributed by atoms with van der Waals surface area (Å²) in [5.74, 6) is -0.951. The van der Waals surface area contributed by atoms with Gasteiger partial charge < -0.3 is 5.11 Å². The Morgan fingerprint density at radius 2 is 1.96 bits per heavy atom. The Labute approximate surface area is 146 Å². The lowest BCUT2D eigenvalue weighted by atomic mass is 9.95. The number of carbonyl (C=O) groups is 1. The van der Waals surface area contributed by atoms with Crippen molar-refractivity contribution in [2.24, 2.45) is 0 Å². The van der Waals surface area contributed by atoms with Crippen LogP contribution < -0.4 is 0 Å². The zero-order chi connectivity index (χ0) is 16.9. The van der Waals surface area contributed by atoms with E-state index in [1.54, 1.807) is 17.8 Å². The number of rotatable bonds is 5. The molecule has 0 radical (unpaired) electrons. The van der Waals surface area contributed by atoms with Gasteiger partial charge in [-0.2, -0.15) is 5.10 Å². The molecule has 1 aliphatic carbocycles. The molecule has 2 aromatic rings. The molecule has 24 heavy (non-hydrogen) atoms. The topological polar surface area (TPSA) is 55.1 Å². The number of benzene rings is 1. The first-order chi connectivity index (χ1) is 11.7. The van der Waals surface area contributed by atoms with Crippen LogP contribution in [-0.2, 0) is 4.79 Å². The van der Waals surface area contributed by atoms with Crippen LogP contribution >= 0.6 is 11.8 Å². The van der Waals surface area contributed by atoms with Gasteiger partial charge in [-0.15, -0.1) is 11.8 Å². The van der Waals surface area contributed by atoms with E-state index in [0.29, 0.717) is 11.7 Å². The summed E-state index contributed by atoms with van der Waals surface area (Å²) in [5.41, 5.74) is 2.90. The van der Waals surface area contributed by atoms with Crippen LogP contribution in [0.25, 0.3) is 17.3 Å². The number of hydrogen-bond acceptors (Lipinski definition) is 3. The normalized spacial score (nSPS) is 15.9. The molecule has 3 rings (SSSR count). The molecule has 1 aromatic carbocycles. The van der Waals surface area contributed by atoms with Crippen LogP contribution in [-0.4, -0.2) is 27.1 Å². The smallest absolute Gasteiger partial charge is 0.328 e.